The molecule has 24 heavy (non-hydrogen) atoms. The quantitative estimate of drug-likeness (QED) is 0.594. The SMILES string of the molecule is C[C@](C#N)(NC(=O)COC(=O)/C=C/c1cc(Br)ccc1F)C1CC1. The number of rotatable bonds is 6. The van der Waals surface area contributed by atoms with Crippen molar-refractivity contribution in [1.29, 1.82) is 5.26 Å². The largest absolute Gasteiger partial charge is 0.452 e. The number of nitrogens with zero attached hydrogens (tertiary/aromatic N) is 1. The van der Waals surface area contributed by atoms with Crippen LogP contribution in [0.4, 0.5) is 4.39 Å². The summed E-state index contributed by atoms with van der Waals surface area (Å²) >= 11 is 3.21. The van der Waals surface area contributed by atoms with Crippen molar-refractivity contribution in [2.45, 2.75) is 25.3 Å². The molecular formula is C17H16BrFN2O3. The Hall–Kier alpha value is -2.20. The van der Waals surface area contributed by atoms with E-state index in [1.165, 1.54) is 18.2 Å². The molecule has 1 aromatic carbocycles. The lowest BCUT2D eigenvalue weighted by Crippen LogP contribution is -2.48. The molecule has 126 valence electrons. The van der Waals surface area contributed by atoms with Gasteiger partial charge in [0.15, 0.2) is 6.61 Å². The van der Waals surface area contributed by atoms with E-state index in [0.717, 1.165) is 18.9 Å². The van der Waals surface area contributed by atoms with Gasteiger partial charge >= 0.3 is 5.97 Å². The molecule has 1 atom stereocenters. The van der Waals surface area contributed by atoms with Gasteiger partial charge in [0.1, 0.15) is 11.4 Å². The van der Waals surface area contributed by atoms with Gasteiger partial charge in [-0.1, -0.05) is 15.9 Å². The minimum Gasteiger partial charge on any atom is -0.452 e. The molecule has 1 aromatic rings. The van der Waals surface area contributed by atoms with Gasteiger partial charge in [0.05, 0.1) is 6.07 Å². The fourth-order valence-electron chi connectivity index (χ4n) is 2.19. The zero-order valence-electron chi connectivity index (χ0n) is 13.0. The van der Waals surface area contributed by atoms with Crippen molar-refractivity contribution in [2.24, 2.45) is 5.92 Å². The van der Waals surface area contributed by atoms with E-state index in [9.17, 15) is 14.0 Å². The van der Waals surface area contributed by atoms with Crippen molar-refractivity contribution in [2.75, 3.05) is 6.61 Å². The number of nitrogens with one attached hydrogen (secondary N) is 1. The fraction of sp³-hybridized carbons (Fsp3) is 0.353. The Morgan fingerprint density at radius 1 is 1.54 bits per heavy atom. The molecule has 1 fully saturated rings. The summed E-state index contributed by atoms with van der Waals surface area (Å²) in [7, 11) is 0. The summed E-state index contributed by atoms with van der Waals surface area (Å²) in [4.78, 5) is 23.4. The van der Waals surface area contributed by atoms with E-state index in [1.54, 1.807) is 13.0 Å². The summed E-state index contributed by atoms with van der Waals surface area (Å²) in [5.41, 5.74) is -0.713. The smallest absolute Gasteiger partial charge is 0.331 e. The van der Waals surface area contributed by atoms with Gasteiger partial charge < -0.3 is 10.1 Å². The van der Waals surface area contributed by atoms with Gasteiger partial charge in [-0.05, 0) is 50.0 Å². The number of ether oxygens (including phenoxy) is 1. The van der Waals surface area contributed by atoms with Gasteiger partial charge in [-0.15, -0.1) is 0 Å². The van der Waals surface area contributed by atoms with Crippen LogP contribution in [-0.2, 0) is 14.3 Å². The predicted octanol–water partition coefficient (Wildman–Crippen LogP) is 2.95. The van der Waals surface area contributed by atoms with Crippen LogP contribution in [0.1, 0.15) is 25.3 Å². The summed E-state index contributed by atoms with van der Waals surface area (Å²) in [6, 6.07) is 6.41. The first-order valence-electron chi connectivity index (χ1n) is 7.36. The number of nitriles is 1. The third-order valence-corrected chi connectivity index (χ3v) is 4.22. The monoisotopic (exact) mass is 394 g/mol. The number of esters is 1. The summed E-state index contributed by atoms with van der Waals surface area (Å²) in [6.45, 7) is 1.16. The third-order valence-electron chi connectivity index (χ3n) is 3.73. The maximum Gasteiger partial charge on any atom is 0.331 e. The van der Waals surface area contributed by atoms with Crippen LogP contribution in [0.2, 0.25) is 0 Å². The Morgan fingerprint density at radius 2 is 2.25 bits per heavy atom. The normalized spacial score (nSPS) is 16.2. The number of carbonyl (C=O) groups excluding carboxylic acids is 2. The molecule has 0 heterocycles. The number of halogens is 2. The van der Waals surface area contributed by atoms with Crippen molar-refractivity contribution in [3.63, 3.8) is 0 Å². The second kappa shape index (κ2) is 7.58. The van der Waals surface area contributed by atoms with Crippen LogP contribution in [0.5, 0.6) is 0 Å². The molecule has 0 aromatic heterocycles. The lowest BCUT2D eigenvalue weighted by Gasteiger charge is -2.22. The van der Waals surface area contributed by atoms with Crippen LogP contribution in [0.3, 0.4) is 0 Å². The van der Waals surface area contributed by atoms with E-state index in [-0.39, 0.29) is 11.5 Å². The van der Waals surface area contributed by atoms with Crippen molar-refractivity contribution in [3.8, 4) is 6.07 Å². The average Bonchev–Trinajstić information content (AvgIpc) is 3.39. The average molecular weight is 395 g/mol. The van der Waals surface area contributed by atoms with Gasteiger partial charge in [-0.25, -0.2) is 9.18 Å². The Bertz CT molecular complexity index is 725. The highest BCUT2D eigenvalue weighted by Gasteiger charge is 2.43. The first-order chi connectivity index (χ1) is 11.3. The van der Waals surface area contributed by atoms with Crippen molar-refractivity contribution < 1.29 is 18.7 Å². The molecule has 0 aliphatic heterocycles. The molecule has 2 rings (SSSR count). The van der Waals surface area contributed by atoms with Crippen LogP contribution >= 0.6 is 15.9 Å². The molecule has 1 aliphatic rings. The molecule has 1 aliphatic carbocycles. The molecule has 1 saturated carbocycles. The topological polar surface area (TPSA) is 79.2 Å². The molecule has 0 saturated heterocycles. The standard InChI is InChI=1S/C17H16BrFN2O3/c1-17(10-20,12-3-4-12)21-15(22)9-24-16(23)7-2-11-8-13(18)5-6-14(11)19/h2,5-8,12H,3-4,9H2,1H3,(H,21,22)/b7-2+/t17-/m1/s1. The zero-order chi connectivity index (χ0) is 17.7. The van der Waals surface area contributed by atoms with Crippen molar-refractivity contribution in [1.82, 2.24) is 5.32 Å². The van der Waals surface area contributed by atoms with E-state index in [4.69, 9.17) is 10.00 Å². The van der Waals surface area contributed by atoms with Crippen LogP contribution in [-0.4, -0.2) is 24.0 Å². The Kier molecular flexibility index (Phi) is 5.73. The Morgan fingerprint density at radius 3 is 2.88 bits per heavy atom. The minimum atomic E-state index is -0.932. The van der Waals surface area contributed by atoms with Crippen LogP contribution in [0.25, 0.3) is 6.08 Å². The van der Waals surface area contributed by atoms with Gasteiger partial charge in [0, 0.05) is 16.1 Å². The lowest BCUT2D eigenvalue weighted by molar-refractivity contribution is -0.144. The van der Waals surface area contributed by atoms with E-state index >= 15 is 0 Å². The predicted molar refractivity (Wildman–Crippen MR) is 89.0 cm³/mol. The molecule has 5 nitrogen and oxygen atoms in total. The molecule has 0 radical (unpaired) electrons. The number of amides is 1. The molecular weight excluding hydrogens is 379 g/mol. The molecule has 7 heteroatoms. The maximum atomic E-state index is 13.5. The molecule has 0 spiro atoms. The number of carbonyl (C=O) groups is 2. The van der Waals surface area contributed by atoms with E-state index in [0.29, 0.717) is 4.47 Å². The summed E-state index contributed by atoms with van der Waals surface area (Å²) in [6.07, 6.45) is 4.10. The summed E-state index contributed by atoms with van der Waals surface area (Å²) < 4.78 is 19.0. The van der Waals surface area contributed by atoms with Crippen molar-refractivity contribution >= 4 is 33.9 Å². The highest BCUT2D eigenvalue weighted by Crippen LogP contribution is 2.39. The summed E-state index contributed by atoms with van der Waals surface area (Å²) in [5.74, 6) is -1.65. The first-order valence-corrected chi connectivity index (χ1v) is 8.15. The third kappa shape index (κ3) is 4.90. The van der Waals surface area contributed by atoms with Crippen LogP contribution in [0.15, 0.2) is 28.7 Å². The van der Waals surface area contributed by atoms with Crippen LogP contribution in [0, 0.1) is 23.1 Å². The number of hydrogen-bond donors (Lipinski definition) is 1. The first kappa shape index (κ1) is 18.1. The number of hydrogen-bond acceptors (Lipinski definition) is 4. The Balaban J connectivity index is 1.84. The van der Waals surface area contributed by atoms with Gasteiger partial charge in [0.25, 0.3) is 5.91 Å². The van der Waals surface area contributed by atoms with Gasteiger partial charge in [-0.2, -0.15) is 5.26 Å². The lowest BCUT2D eigenvalue weighted by atomic mass is 9.98. The zero-order valence-corrected chi connectivity index (χ0v) is 14.6. The van der Waals surface area contributed by atoms with E-state index < -0.39 is 29.8 Å². The van der Waals surface area contributed by atoms with E-state index in [1.807, 2.05) is 0 Å². The highest BCUT2D eigenvalue weighted by molar-refractivity contribution is 9.10. The van der Waals surface area contributed by atoms with Crippen LogP contribution < -0.4 is 5.32 Å². The minimum absolute atomic E-state index is 0.140. The highest BCUT2D eigenvalue weighted by atomic mass is 79.9. The van der Waals surface area contributed by atoms with E-state index in [2.05, 4.69) is 27.3 Å². The summed E-state index contributed by atoms with van der Waals surface area (Å²) in [5, 5.41) is 11.7. The maximum absolute atomic E-state index is 13.5. The Labute approximate surface area is 147 Å². The second-order valence-corrected chi connectivity index (χ2v) is 6.66. The van der Waals surface area contributed by atoms with Gasteiger partial charge in [0.2, 0.25) is 0 Å². The fourth-order valence-corrected chi connectivity index (χ4v) is 2.57. The molecule has 0 unspecified atom stereocenters. The second-order valence-electron chi connectivity index (χ2n) is 5.74. The van der Waals surface area contributed by atoms with Gasteiger partial charge in [-0.3, -0.25) is 4.79 Å². The number of benzene rings is 1. The van der Waals surface area contributed by atoms with Crippen molar-refractivity contribution in [3.05, 3.63) is 40.1 Å². The molecule has 1 N–H and O–H groups in total. The molecule has 0 bridgehead atoms. The molecule has 1 amide bonds.